The van der Waals surface area contributed by atoms with E-state index in [1.54, 1.807) is 0 Å². The van der Waals surface area contributed by atoms with Crippen molar-refractivity contribution in [1.82, 2.24) is 19.9 Å². The Kier molecular flexibility index (Phi) is 4.63. The van der Waals surface area contributed by atoms with Crippen LogP contribution in [0.1, 0.15) is 32.0 Å². The fourth-order valence-corrected chi connectivity index (χ4v) is 2.06. The van der Waals surface area contributed by atoms with E-state index in [0.29, 0.717) is 6.54 Å². The van der Waals surface area contributed by atoms with Crippen LogP contribution in [0.2, 0.25) is 0 Å². The molecule has 2 rings (SSSR count). The zero-order valence-corrected chi connectivity index (χ0v) is 13.6. The van der Waals surface area contributed by atoms with Crippen LogP contribution in [0.3, 0.4) is 0 Å². The van der Waals surface area contributed by atoms with Gasteiger partial charge in [-0.25, -0.2) is 4.68 Å². The van der Waals surface area contributed by atoms with Gasteiger partial charge in [-0.1, -0.05) is 23.4 Å². The predicted octanol–water partition coefficient (Wildman–Crippen LogP) is 2.71. The standard InChI is InChI=1S/C16H25N5/c1-16(2,3)21-12-14(18-19-21)10-17-15-9-7-6-8-13(15)11-20(4)5/h6-9,12,17H,10-11H2,1-5H3. The Morgan fingerprint density at radius 3 is 2.52 bits per heavy atom. The summed E-state index contributed by atoms with van der Waals surface area (Å²) in [4.78, 5) is 2.16. The summed E-state index contributed by atoms with van der Waals surface area (Å²) in [5, 5.41) is 11.9. The quantitative estimate of drug-likeness (QED) is 0.918. The molecule has 0 aliphatic carbocycles. The second-order valence-corrected chi connectivity index (χ2v) is 6.57. The molecule has 0 unspecified atom stereocenters. The van der Waals surface area contributed by atoms with E-state index in [1.165, 1.54) is 5.56 Å². The zero-order chi connectivity index (χ0) is 15.5. The molecule has 0 atom stereocenters. The molecule has 5 nitrogen and oxygen atoms in total. The van der Waals surface area contributed by atoms with Gasteiger partial charge in [-0.05, 0) is 46.5 Å². The number of hydrogen-bond donors (Lipinski definition) is 1. The number of anilines is 1. The van der Waals surface area contributed by atoms with E-state index in [1.807, 2.05) is 16.9 Å². The van der Waals surface area contributed by atoms with E-state index in [-0.39, 0.29) is 5.54 Å². The van der Waals surface area contributed by atoms with Crippen LogP contribution in [-0.4, -0.2) is 34.0 Å². The normalized spacial score (nSPS) is 11.9. The van der Waals surface area contributed by atoms with Crippen LogP contribution in [0.25, 0.3) is 0 Å². The first kappa shape index (κ1) is 15.5. The molecule has 1 aromatic carbocycles. The highest BCUT2D eigenvalue weighted by Crippen LogP contribution is 2.17. The highest BCUT2D eigenvalue weighted by molar-refractivity contribution is 5.51. The van der Waals surface area contributed by atoms with E-state index < -0.39 is 0 Å². The molecule has 0 aliphatic heterocycles. The van der Waals surface area contributed by atoms with Gasteiger partial charge in [0.15, 0.2) is 0 Å². The summed E-state index contributed by atoms with van der Waals surface area (Å²) in [5.74, 6) is 0. The van der Waals surface area contributed by atoms with Crippen LogP contribution in [-0.2, 0) is 18.6 Å². The van der Waals surface area contributed by atoms with Crippen molar-refractivity contribution in [3.8, 4) is 0 Å². The SMILES string of the molecule is CN(C)Cc1ccccc1NCc1cn(C(C)(C)C)nn1. The smallest absolute Gasteiger partial charge is 0.102 e. The van der Waals surface area contributed by atoms with Gasteiger partial charge in [-0.15, -0.1) is 5.10 Å². The molecular weight excluding hydrogens is 262 g/mol. The van der Waals surface area contributed by atoms with E-state index in [9.17, 15) is 0 Å². The highest BCUT2D eigenvalue weighted by Gasteiger charge is 2.15. The Morgan fingerprint density at radius 2 is 1.90 bits per heavy atom. The van der Waals surface area contributed by atoms with Crippen LogP contribution in [0.4, 0.5) is 5.69 Å². The topological polar surface area (TPSA) is 46.0 Å². The van der Waals surface area contributed by atoms with Crippen LogP contribution < -0.4 is 5.32 Å². The van der Waals surface area contributed by atoms with Crippen molar-refractivity contribution < 1.29 is 0 Å². The van der Waals surface area contributed by atoms with Crippen molar-refractivity contribution in [2.24, 2.45) is 0 Å². The lowest BCUT2D eigenvalue weighted by atomic mass is 10.1. The molecule has 1 N–H and O–H groups in total. The van der Waals surface area contributed by atoms with Gasteiger partial charge in [0.2, 0.25) is 0 Å². The third-order valence-electron chi connectivity index (χ3n) is 3.19. The number of aromatic nitrogens is 3. The van der Waals surface area contributed by atoms with Gasteiger partial charge >= 0.3 is 0 Å². The molecule has 21 heavy (non-hydrogen) atoms. The minimum absolute atomic E-state index is 0.0337. The maximum atomic E-state index is 4.23. The number of nitrogens with zero attached hydrogens (tertiary/aromatic N) is 4. The molecule has 0 saturated heterocycles. The molecule has 2 aromatic rings. The summed E-state index contributed by atoms with van der Waals surface area (Å²) in [7, 11) is 4.15. The Balaban J connectivity index is 2.05. The Morgan fingerprint density at radius 1 is 1.19 bits per heavy atom. The number of para-hydroxylation sites is 1. The van der Waals surface area contributed by atoms with Crippen molar-refractivity contribution in [2.45, 2.75) is 39.4 Å². The maximum Gasteiger partial charge on any atom is 0.102 e. The lowest BCUT2D eigenvalue weighted by Gasteiger charge is -2.17. The van der Waals surface area contributed by atoms with Gasteiger partial charge in [0, 0.05) is 12.2 Å². The molecule has 1 aromatic heterocycles. The van der Waals surface area contributed by atoms with Gasteiger partial charge in [0.1, 0.15) is 5.69 Å². The molecule has 0 spiro atoms. The number of rotatable bonds is 5. The Labute approximate surface area is 127 Å². The van der Waals surface area contributed by atoms with Crippen molar-refractivity contribution in [1.29, 1.82) is 0 Å². The van der Waals surface area contributed by atoms with E-state index in [0.717, 1.165) is 17.9 Å². The molecule has 1 heterocycles. The largest absolute Gasteiger partial charge is 0.379 e. The number of benzene rings is 1. The third-order valence-corrected chi connectivity index (χ3v) is 3.19. The highest BCUT2D eigenvalue weighted by atomic mass is 15.4. The molecular formula is C16H25N5. The monoisotopic (exact) mass is 287 g/mol. The van der Waals surface area contributed by atoms with Crippen molar-refractivity contribution >= 4 is 5.69 Å². The average Bonchev–Trinajstić information content (AvgIpc) is 2.86. The van der Waals surface area contributed by atoms with Crippen molar-refractivity contribution in [3.63, 3.8) is 0 Å². The molecule has 0 bridgehead atoms. The molecule has 0 aliphatic rings. The second kappa shape index (κ2) is 6.26. The summed E-state index contributed by atoms with van der Waals surface area (Å²) < 4.78 is 1.90. The Bertz CT molecular complexity index is 580. The van der Waals surface area contributed by atoms with Gasteiger partial charge in [0.25, 0.3) is 0 Å². The van der Waals surface area contributed by atoms with Crippen molar-refractivity contribution in [2.75, 3.05) is 19.4 Å². The van der Waals surface area contributed by atoms with E-state index in [2.05, 4.69) is 73.6 Å². The van der Waals surface area contributed by atoms with Gasteiger partial charge in [-0.3, -0.25) is 0 Å². The summed E-state index contributed by atoms with van der Waals surface area (Å²) in [5.41, 5.74) is 3.35. The van der Waals surface area contributed by atoms with Gasteiger partial charge in [-0.2, -0.15) is 0 Å². The fraction of sp³-hybridized carbons (Fsp3) is 0.500. The maximum absolute atomic E-state index is 4.23. The van der Waals surface area contributed by atoms with Crippen LogP contribution >= 0.6 is 0 Å². The molecule has 114 valence electrons. The average molecular weight is 287 g/mol. The second-order valence-electron chi connectivity index (χ2n) is 6.57. The number of hydrogen-bond acceptors (Lipinski definition) is 4. The molecule has 0 amide bonds. The molecule has 0 radical (unpaired) electrons. The molecule has 0 saturated carbocycles. The number of nitrogens with one attached hydrogen (secondary N) is 1. The minimum Gasteiger partial charge on any atom is -0.379 e. The van der Waals surface area contributed by atoms with Gasteiger partial charge < -0.3 is 10.2 Å². The summed E-state index contributed by atoms with van der Waals surface area (Å²) >= 11 is 0. The fourth-order valence-electron chi connectivity index (χ4n) is 2.06. The van der Waals surface area contributed by atoms with Crippen LogP contribution in [0.5, 0.6) is 0 Å². The van der Waals surface area contributed by atoms with E-state index in [4.69, 9.17) is 0 Å². The predicted molar refractivity (Wildman–Crippen MR) is 86.2 cm³/mol. The minimum atomic E-state index is -0.0337. The lowest BCUT2D eigenvalue weighted by molar-refractivity contribution is 0.347. The third kappa shape index (κ3) is 4.29. The first-order chi connectivity index (χ1) is 9.86. The van der Waals surface area contributed by atoms with Crippen molar-refractivity contribution in [3.05, 3.63) is 41.7 Å². The van der Waals surface area contributed by atoms with Crippen LogP contribution in [0.15, 0.2) is 30.5 Å². The van der Waals surface area contributed by atoms with Crippen LogP contribution in [0, 0.1) is 0 Å². The molecule has 0 fully saturated rings. The summed E-state index contributed by atoms with van der Waals surface area (Å²) in [6.07, 6.45) is 2.00. The first-order valence-corrected chi connectivity index (χ1v) is 7.24. The first-order valence-electron chi connectivity index (χ1n) is 7.24. The molecule has 5 heteroatoms. The van der Waals surface area contributed by atoms with Gasteiger partial charge in [0.05, 0.1) is 18.3 Å². The zero-order valence-electron chi connectivity index (χ0n) is 13.6. The summed E-state index contributed by atoms with van der Waals surface area (Å²) in [6.45, 7) is 7.94. The lowest BCUT2D eigenvalue weighted by Crippen LogP contribution is -2.22. The Hall–Kier alpha value is -1.88. The summed E-state index contributed by atoms with van der Waals surface area (Å²) in [6, 6.07) is 8.37. The van der Waals surface area contributed by atoms with E-state index >= 15 is 0 Å².